The molecule has 1 aromatic rings. The summed E-state index contributed by atoms with van der Waals surface area (Å²) in [6.07, 6.45) is 0.905. The maximum absolute atomic E-state index is 10.6. The Balaban J connectivity index is 2.75. The molecule has 0 aliphatic carbocycles. The van der Waals surface area contributed by atoms with Crippen LogP contribution in [0.2, 0.25) is 0 Å². The average molecular weight is 239 g/mol. The van der Waals surface area contributed by atoms with Crippen LogP contribution < -0.4 is 4.74 Å². The topological polar surface area (TPSA) is 72.6 Å². The van der Waals surface area contributed by atoms with Crippen molar-refractivity contribution in [3.8, 4) is 5.75 Å². The number of aliphatic hydroxyl groups excluding tert-OH is 1. The van der Waals surface area contributed by atoms with Crippen LogP contribution in [0.1, 0.15) is 25.8 Å². The fourth-order valence-electron chi connectivity index (χ4n) is 1.35. The minimum Gasteiger partial charge on any atom is -0.493 e. The van der Waals surface area contributed by atoms with E-state index in [0.29, 0.717) is 23.8 Å². The number of hydrogen-bond donors (Lipinski definition) is 1. The quantitative estimate of drug-likeness (QED) is 0.611. The van der Waals surface area contributed by atoms with Crippen LogP contribution in [-0.4, -0.2) is 16.6 Å². The molecule has 0 aromatic heterocycles. The molecule has 0 saturated heterocycles. The van der Waals surface area contributed by atoms with Gasteiger partial charge in [-0.3, -0.25) is 10.1 Å². The van der Waals surface area contributed by atoms with E-state index in [4.69, 9.17) is 9.84 Å². The van der Waals surface area contributed by atoms with Gasteiger partial charge in [0.1, 0.15) is 5.75 Å². The van der Waals surface area contributed by atoms with Gasteiger partial charge in [-0.05, 0) is 18.4 Å². The molecule has 1 rings (SSSR count). The van der Waals surface area contributed by atoms with E-state index in [-0.39, 0.29) is 12.3 Å². The molecule has 1 N–H and O–H groups in total. The molecule has 5 nitrogen and oxygen atoms in total. The van der Waals surface area contributed by atoms with E-state index in [0.717, 1.165) is 6.42 Å². The van der Waals surface area contributed by atoms with Crippen LogP contribution in [0.5, 0.6) is 5.75 Å². The first kappa shape index (κ1) is 13.4. The van der Waals surface area contributed by atoms with Crippen LogP contribution in [-0.2, 0) is 6.61 Å². The predicted molar refractivity (Wildman–Crippen MR) is 64.0 cm³/mol. The van der Waals surface area contributed by atoms with Gasteiger partial charge in [-0.25, -0.2) is 0 Å². The molecule has 1 aromatic carbocycles. The highest BCUT2D eigenvalue weighted by Gasteiger charge is 2.11. The standard InChI is InChI=1S/C12H17NO4/c1-9(2)5-6-17-12-4-3-11(13(15)16)7-10(12)8-14/h3-4,7,9,14H,5-6,8H2,1-2H3. The van der Waals surface area contributed by atoms with E-state index >= 15 is 0 Å². The van der Waals surface area contributed by atoms with Crippen molar-refractivity contribution in [1.29, 1.82) is 0 Å². The van der Waals surface area contributed by atoms with E-state index < -0.39 is 4.92 Å². The monoisotopic (exact) mass is 239 g/mol. The largest absolute Gasteiger partial charge is 0.493 e. The molecule has 0 atom stereocenters. The molecule has 0 amide bonds. The maximum atomic E-state index is 10.6. The van der Waals surface area contributed by atoms with Crippen molar-refractivity contribution in [2.24, 2.45) is 5.92 Å². The Labute approximate surface area is 100 Å². The molecule has 17 heavy (non-hydrogen) atoms. The highest BCUT2D eigenvalue weighted by molar-refractivity contribution is 5.43. The molecular weight excluding hydrogens is 222 g/mol. The van der Waals surface area contributed by atoms with Crippen molar-refractivity contribution < 1.29 is 14.8 Å². The number of nitro benzene ring substituents is 1. The Morgan fingerprint density at radius 1 is 1.47 bits per heavy atom. The first-order chi connectivity index (χ1) is 8.04. The van der Waals surface area contributed by atoms with E-state index in [9.17, 15) is 10.1 Å². The Bertz CT molecular complexity index is 390. The third-order valence-electron chi connectivity index (χ3n) is 2.38. The highest BCUT2D eigenvalue weighted by atomic mass is 16.6. The van der Waals surface area contributed by atoms with Crippen LogP contribution in [0.4, 0.5) is 5.69 Å². The summed E-state index contributed by atoms with van der Waals surface area (Å²) in [7, 11) is 0. The van der Waals surface area contributed by atoms with Crippen molar-refractivity contribution in [2.45, 2.75) is 26.9 Å². The summed E-state index contributed by atoms with van der Waals surface area (Å²) in [5.74, 6) is 1.05. The summed E-state index contributed by atoms with van der Waals surface area (Å²) < 4.78 is 5.49. The van der Waals surface area contributed by atoms with Gasteiger partial charge < -0.3 is 9.84 Å². The number of benzene rings is 1. The van der Waals surface area contributed by atoms with Gasteiger partial charge in [0.05, 0.1) is 18.1 Å². The number of aliphatic hydroxyl groups is 1. The number of hydrogen-bond acceptors (Lipinski definition) is 4. The lowest BCUT2D eigenvalue weighted by atomic mass is 10.1. The van der Waals surface area contributed by atoms with Crippen molar-refractivity contribution in [1.82, 2.24) is 0 Å². The summed E-state index contributed by atoms with van der Waals surface area (Å²) in [6, 6.07) is 4.25. The van der Waals surface area contributed by atoms with Gasteiger partial charge in [-0.1, -0.05) is 13.8 Å². The minimum absolute atomic E-state index is 0.0368. The third-order valence-corrected chi connectivity index (χ3v) is 2.38. The van der Waals surface area contributed by atoms with Gasteiger partial charge in [0.2, 0.25) is 0 Å². The molecule has 94 valence electrons. The molecule has 0 saturated carbocycles. The van der Waals surface area contributed by atoms with Gasteiger partial charge in [0.25, 0.3) is 5.69 Å². The van der Waals surface area contributed by atoms with Gasteiger partial charge in [0.15, 0.2) is 0 Å². The maximum Gasteiger partial charge on any atom is 0.270 e. The first-order valence-corrected chi connectivity index (χ1v) is 5.55. The van der Waals surface area contributed by atoms with Crippen LogP contribution in [0.3, 0.4) is 0 Å². The summed E-state index contributed by atoms with van der Waals surface area (Å²) in [4.78, 5) is 10.1. The van der Waals surface area contributed by atoms with Crippen LogP contribution >= 0.6 is 0 Å². The summed E-state index contributed by atoms with van der Waals surface area (Å²) in [6.45, 7) is 4.46. The van der Waals surface area contributed by atoms with E-state index in [2.05, 4.69) is 13.8 Å². The Kier molecular flexibility index (Phi) is 4.90. The number of rotatable bonds is 6. The molecule has 0 aliphatic rings. The smallest absolute Gasteiger partial charge is 0.270 e. The first-order valence-electron chi connectivity index (χ1n) is 5.55. The Hall–Kier alpha value is -1.62. The zero-order valence-corrected chi connectivity index (χ0v) is 10.0. The lowest BCUT2D eigenvalue weighted by Crippen LogP contribution is -2.04. The number of nitro groups is 1. The molecular formula is C12H17NO4. The number of ether oxygens (including phenoxy) is 1. The second kappa shape index (κ2) is 6.20. The minimum atomic E-state index is -0.489. The van der Waals surface area contributed by atoms with Gasteiger partial charge in [-0.2, -0.15) is 0 Å². The van der Waals surface area contributed by atoms with Crippen LogP contribution in [0.15, 0.2) is 18.2 Å². The second-order valence-electron chi connectivity index (χ2n) is 4.24. The molecule has 0 aliphatic heterocycles. The lowest BCUT2D eigenvalue weighted by molar-refractivity contribution is -0.385. The zero-order valence-electron chi connectivity index (χ0n) is 10.0. The van der Waals surface area contributed by atoms with Gasteiger partial charge in [0, 0.05) is 17.7 Å². The van der Waals surface area contributed by atoms with Crippen LogP contribution in [0, 0.1) is 16.0 Å². The summed E-state index contributed by atoms with van der Waals surface area (Å²) in [5, 5.41) is 19.7. The average Bonchev–Trinajstić information content (AvgIpc) is 2.28. The fourth-order valence-corrected chi connectivity index (χ4v) is 1.35. The van der Waals surface area contributed by atoms with Crippen molar-refractivity contribution in [2.75, 3.05) is 6.61 Å². The molecule has 0 spiro atoms. The molecule has 0 radical (unpaired) electrons. The number of non-ortho nitro benzene ring substituents is 1. The highest BCUT2D eigenvalue weighted by Crippen LogP contribution is 2.24. The molecule has 5 heteroatoms. The fraction of sp³-hybridized carbons (Fsp3) is 0.500. The SMILES string of the molecule is CC(C)CCOc1ccc([N+](=O)[O-])cc1CO. The predicted octanol–water partition coefficient (Wildman–Crippen LogP) is 2.51. The van der Waals surface area contributed by atoms with E-state index in [1.807, 2.05) is 0 Å². The third kappa shape index (κ3) is 4.03. The second-order valence-corrected chi connectivity index (χ2v) is 4.24. The Morgan fingerprint density at radius 2 is 2.18 bits per heavy atom. The molecule has 0 heterocycles. The zero-order chi connectivity index (χ0) is 12.8. The summed E-state index contributed by atoms with van der Waals surface area (Å²) >= 11 is 0. The normalized spacial score (nSPS) is 10.6. The van der Waals surface area contributed by atoms with E-state index in [1.54, 1.807) is 0 Å². The van der Waals surface area contributed by atoms with Crippen molar-refractivity contribution >= 4 is 5.69 Å². The van der Waals surface area contributed by atoms with Gasteiger partial charge in [-0.15, -0.1) is 0 Å². The van der Waals surface area contributed by atoms with E-state index in [1.165, 1.54) is 18.2 Å². The molecule has 0 unspecified atom stereocenters. The molecule has 0 bridgehead atoms. The lowest BCUT2D eigenvalue weighted by Gasteiger charge is -2.11. The molecule has 0 fully saturated rings. The van der Waals surface area contributed by atoms with Gasteiger partial charge >= 0.3 is 0 Å². The number of nitrogens with zero attached hydrogens (tertiary/aromatic N) is 1. The Morgan fingerprint density at radius 3 is 2.71 bits per heavy atom. The van der Waals surface area contributed by atoms with Crippen molar-refractivity contribution in [3.63, 3.8) is 0 Å². The van der Waals surface area contributed by atoms with Crippen molar-refractivity contribution in [3.05, 3.63) is 33.9 Å². The van der Waals surface area contributed by atoms with Crippen LogP contribution in [0.25, 0.3) is 0 Å². The summed E-state index contributed by atoms with van der Waals surface area (Å²) in [5.41, 5.74) is 0.410.